The molecular formula is C18H19F3N2O4. The lowest BCUT2D eigenvalue weighted by atomic mass is 10.1. The van der Waals surface area contributed by atoms with Crippen LogP contribution in [0.3, 0.4) is 0 Å². The molecule has 9 heteroatoms. The van der Waals surface area contributed by atoms with Gasteiger partial charge >= 0.3 is 6.18 Å². The van der Waals surface area contributed by atoms with Crippen LogP contribution in [0.1, 0.15) is 27.6 Å². The Morgan fingerprint density at radius 2 is 2.15 bits per heavy atom. The lowest BCUT2D eigenvalue weighted by Crippen LogP contribution is -2.47. The summed E-state index contributed by atoms with van der Waals surface area (Å²) in [4.78, 5) is 18.0. The van der Waals surface area contributed by atoms with E-state index in [2.05, 4.69) is 4.98 Å². The highest BCUT2D eigenvalue weighted by molar-refractivity contribution is 5.95. The maximum atomic E-state index is 13.1. The van der Waals surface area contributed by atoms with E-state index in [0.29, 0.717) is 5.75 Å². The lowest BCUT2D eigenvalue weighted by Gasteiger charge is -2.32. The standard InChI is InChI=1S/C18H19F3N2O4/c1-11-3-4-13(8-22-11)26-10-14-9-23(5-6-25-14)17(24)15-7-12(2)27-16(15)18(19,20)21/h3-4,7-8,14H,5-6,9-10H2,1-2H3. The molecule has 1 saturated heterocycles. The first-order valence-corrected chi connectivity index (χ1v) is 8.38. The topological polar surface area (TPSA) is 64.8 Å². The molecule has 1 aliphatic rings. The molecule has 0 bridgehead atoms. The Labute approximate surface area is 153 Å². The summed E-state index contributed by atoms with van der Waals surface area (Å²) in [7, 11) is 0. The van der Waals surface area contributed by atoms with Crippen molar-refractivity contribution >= 4 is 5.91 Å². The number of nitrogens with zero attached hydrogens (tertiary/aromatic N) is 2. The summed E-state index contributed by atoms with van der Waals surface area (Å²) in [5, 5.41) is 0. The van der Waals surface area contributed by atoms with Crippen LogP contribution in [0.2, 0.25) is 0 Å². The lowest BCUT2D eigenvalue weighted by molar-refractivity contribution is -0.153. The molecule has 1 atom stereocenters. The third-order valence-electron chi connectivity index (χ3n) is 4.09. The largest absolute Gasteiger partial charge is 0.489 e. The van der Waals surface area contributed by atoms with Gasteiger partial charge < -0.3 is 18.8 Å². The maximum absolute atomic E-state index is 13.1. The van der Waals surface area contributed by atoms with Gasteiger partial charge in [-0.05, 0) is 32.0 Å². The van der Waals surface area contributed by atoms with Crippen LogP contribution in [-0.4, -0.2) is 48.2 Å². The van der Waals surface area contributed by atoms with Gasteiger partial charge in [0.2, 0.25) is 5.76 Å². The zero-order valence-corrected chi connectivity index (χ0v) is 14.9. The Bertz CT molecular complexity index is 802. The highest BCUT2D eigenvalue weighted by Crippen LogP contribution is 2.34. The number of pyridine rings is 1. The molecule has 27 heavy (non-hydrogen) atoms. The molecule has 0 aromatic carbocycles. The molecule has 1 fully saturated rings. The van der Waals surface area contributed by atoms with Crippen LogP contribution in [0.25, 0.3) is 0 Å². The molecule has 146 valence electrons. The van der Waals surface area contributed by atoms with Gasteiger partial charge in [-0.2, -0.15) is 13.2 Å². The number of amides is 1. The van der Waals surface area contributed by atoms with Gasteiger partial charge in [0.1, 0.15) is 24.2 Å². The van der Waals surface area contributed by atoms with E-state index in [1.165, 1.54) is 11.8 Å². The van der Waals surface area contributed by atoms with E-state index < -0.39 is 29.5 Å². The highest BCUT2D eigenvalue weighted by atomic mass is 19.4. The second kappa shape index (κ2) is 7.59. The van der Waals surface area contributed by atoms with Crippen molar-refractivity contribution in [1.29, 1.82) is 0 Å². The molecule has 0 aliphatic carbocycles. The molecule has 0 saturated carbocycles. The van der Waals surface area contributed by atoms with Crippen LogP contribution >= 0.6 is 0 Å². The summed E-state index contributed by atoms with van der Waals surface area (Å²) in [6, 6.07) is 4.68. The average Bonchev–Trinajstić information content (AvgIpc) is 3.03. The van der Waals surface area contributed by atoms with E-state index in [1.54, 1.807) is 18.3 Å². The minimum absolute atomic E-state index is 0.0330. The van der Waals surface area contributed by atoms with E-state index in [9.17, 15) is 18.0 Å². The van der Waals surface area contributed by atoms with Crippen molar-refractivity contribution in [3.63, 3.8) is 0 Å². The zero-order valence-electron chi connectivity index (χ0n) is 14.9. The van der Waals surface area contributed by atoms with Gasteiger partial charge in [0, 0.05) is 12.2 Å². The quantitative estimate of drug-likeness (QED) is 0.810. The summed E-state index contributed by atoms with van der Waals surface area (Å²) in [5.41, 5.74) is 0.369. The first-order valence-electron chi connectivity index (χ1n) is 8.38. The number of rotatable bonds is 4. The van der Waals surface area contributed by atoms with Crippen molar-refractivity contribution in [2.24, 2.45) is 0 Å². The summed E-state index contributed by atoms with van der Waals surface area (Å²) < 4.78 is 55.1. The minimum atomic E-state index is -4.73. The molecule has 0 radical (unpaired) electrons. The normalized spacial score (nSPS) is 17.8. The summed E-state index contributed by atoms with van der Waals surface area (Å²) in [5.74, 6) is -1.41. The number of hydrogen-bond donors (Lipinski definition) is 0. The van der Waals surface area contributed by atoms with E-state index >= 15 is 0 Å². The molecule has 1 unspecified atom stereocenters. The Morgan fingerprint density at radius 1 is 1.37 bits per heavy atom. The fourth-order valence-electron chi connectivity index (χ4n) is 2.79. The molecule has 1 amide bonds. The highest BCUT2D eigenvalue weighted by Gasteiger charge is 2.41. The fraction of sp³-hybridized carbons (Fsp3) is 0.444. The Kier molecular flexibility index (Phi) is 5.41. The van der Waals surface area contributed by atoms with Gasteiger partial charge in [-0.15, -0.1) is 0 Å². The molecule has 2 aromatic heterocycles. The second-order valence-corrected chi connectivity index (χ2v) is 6.29. The number of hydrogen-bond acceptors (Lipinski definition) is 5. The van der Waals surface area contributed by atoms with Gasteiger partial charge in [-0.25, -0.2) is 0 Å². The van der Waals surface area contributed by atoms with E-state index in [4.69, 9.17) is 13.9 Å². The Hall–Kier alpha value is -2.55. The number of aryl methyl sites for hydroxylation is 2. The molecule has 3 heterocycles. The van der Waals surface area contributed by atoms with E-state index in [0.717, 1.165) is 11.8 Å². The number of morpholine rings is 1. The van der Waals surface area contributed by atoms with Gasteiger partial charge in [0.05, 0.1) is 24.9 Å². The number of alkyl halides is 3. The number of ether oxygens (including phenoxy) is 2. The Morgan fingerprint density at radius 3 is 2.81 bits per heavy atom. The van der Waals surface area contributed by atoms with Crippen molar-refractivity contribution in [3.05, 3.63) is 47.2 Å². The van der Waals surface area contributed by atoms with Crippen molar-refractivity contribution in [3.8, 4) is 5.75 Å². The van der Waals surface area contributed by atoms with Gasteiger partial charge in [-0.3, -0.25) is 9.78 Å². The zero-order chi connectivity index (χ0) is 19.6. The van der Waals surface area contributed by atoms with E-state index in [1.807, 2.05) is 6.92 Å². The molecule has 2 aromatic rings. The third kappa shape index (κ3) is 4.60. The number of aromatic nitrogens is 1. The summed E-state index contributed by atoms with van der Waals surface area (Å²) in [6.07, 6.45) is -3.61. The first kappa shape index (κ1) is 19.2. The van der Waals surface area contributed by atoms with Gasteiger partial charge in [0.25, 0.3) is 5.91 Å². The maximum Gasteiger partial charge on any atom is 0.450 e. The summed E-state index contributed by atoms with van der Waals surface area (Å²) >= 11 is 0. The van der Waals surface area contributed by atoms with Crippen LogP contribution in [0, 0.1) is 13.8 Å². The average molecular weight is 384 g/mol. The molecular weight excluding hydrogens is 365 g/mol. The third-order valence-corrected chi connectivity index (χ3v) is 4.09. The van der Waals surface area contributed by atoms with Crippen LogP contribution in [0.5, 0.6) is 5.75 Å². The van der Waals surface area contributed by atoms with Crippen molar-refractivity contribution in [1.82, 2.24) is 9.88 Å². The van der Waals surface area contributed by atoms with Crippen LogP contribution in [0.4, 0.5) is 13.2 Å². The van der Waals surface area contributed by atoms with Crippen LogP contribution in [0.15, 0.2) is 28.8 Å². The molecule has 0 spiro atoms. The van der Waals surface area contributed by atoms with Crippen molar-refractivity contribution < 1.29 is 31.9 Å². The molecule has 0 N–H and O–H groups in total. The van der Waals surface area contributed by atoms with Gasteiger partial charge in [-0.1, -0.05) is 0 Å². The Balaban J connectivity index is 1.65. The van der Waals surface area contributed by atoms with Crippen molar-refractivity contribution in [2.75, 3.05) is 26.3 Å². The number of furan rings is 1. The number of halogens is 3. The van der Waals surface area contributed by atoms with Crippen molar-refractivity contribution in [2.45, 2.75) is 26.1 Å². The van der Waals surface area contributed by atoms with Gasteiger partial charge in [0.15, 0.2) is 0 Å². The predicted octanol–water partition coefficient (Wildman–Crippen LogP) is 3.23. The minimum Gasteiger partial charge on any atom is -0.489 e. The van der Waals surface area contributed by atoms with E-state index in [-0.39, 0.29) is 32.1 Å². The second-order valence-electron chi connectivity index (χ2n) is 6.29. The predicted molar refractivity (Wildman–Crippen MR) is 88.6 cm³/mol. The van der Waals surface area contributed by atoms with Crippen LogP contribution < -0.4 is 4.74 Å². The fourth-order valence-corrected chi connectivity index (χ4v) is 2.79. The number of carbonyl (C=O) groups excluding carboxylic acids is 1. The number of carbonyl (C=O) groups is 1. The summed E-state index contributed by atoms with van der Waals surface area (Å²) in [6.45, 7) is 3.92. The first-order chi connectivity index (χ1) is 12.7. The SMILES string of the molecule is Cc1ccc(OCC2CN(C(=O)c3cc(C)oc3C(F)(F)F)CCO2)cn1. The molecule has 1 aliphatic heterocycles. The molecule has 3 rings (SSSR count). The molecule has 6 nitrogen and oxygen atoms in total. The van der Waals surface area contributed by atoms with Crippen LogP contribution in [-0.2, 0) is 10.9 Å². The smallest absolute Gasteiger partial charge is 0.450 e. The monoisotopic (exact) mass is 384 g/mol.